The van der Waals surface area contributed by atoms with Gasteiger partial charge >= 0.3 is 6.18 Å². The highest BCUT2D eigenvalue weighted by Gasteiger charge is 2.28. The molecule has 84 valence electrons. The van der Waals surface area contributed by atoms with Gasteiger partial charge in [-0.2, -0.15) is 13.2 Å². The van der Waals surface area contributed by atoms with E-state index in [1.807, 2.05) is 0 Å². The van der Waals surface area contributed by atoms with Crippen LogP contribution in [0.1, 0.15) is 5.56 Å². The molecule has 1 rings (SSSR count). The predicted octanol–water partition coefficient (Wildman–Crippen LogP) is 2.94. The second-order valence-electron chi connectivity index (χ2n) is 3.06. The molecule has 0 unspecified atom stereocenters. The van der Waals surface area contributed by atoms with Gasteiger partial charge in [0, 0.05) is 0 Å². The normalized spacial score (nSPS) is 11.3. The third kappa shape index (κ3) is 3.69. The first-order valence-electron chi connectivity index (χ1n) is 4.26. The third-order valence-corrected chi connectivity index (χ3v) is 1.71. The summed E-state index contributed by atoms with van der Waals surface area (Å²) in [7, 11) is 1.38. The Hall–Kier alpha value is -1.39. The smallest absolute Gasteiger partial charge is 0.422 e. The number of ether oxygens (including phenoxy) is 2. The van der Waals surface area contributed by atoms with E-state index in [0.717, 1.165) is 5.56 Å². The molecule has 0 N–H and O–H groups in total. The number of hydrogen-bond donors (Lipinski definition) is 0. The zero-order chi connectivity index (χ0) is 11.5. The number of rotatable bonds is 3. The van der Waals surface area contributed by atoms with Gasteiger partial charge in [0.1, 0.15) is 0 Å². The van der Waals surface area contributed by atoms with Crippen LogP contribution < -0.4 is 9.47 Å². The quantitative estimate of drug-likeness (QED) is 0.779. The van der Waals surface area contributed by atoms with Crippen molar-refractivity contribution in [3.8, 4) is 11.5 Å². The highest BCUT2D eigenvalue weighted by molar-refractivity contribution is 5.42. The van der Waals surface area contributed by atoms with Crippen molar-refractivity contribution in [3.05, 3.63) is 23.8 Å². The van der Waals surface area contributed by atoms with E-state index in [1.165, 1.54) is 13.2 Å². The van der Waals surface area contributed by atoms with Gasteiger partial charge in [-0.15, -0.1) is 0 Å². The van der Waals surface area contributed by atoms with E-state index in [4.69, 9.17) is 4.74 Å². The van der Waals surface area contributed by atoms with Crippen molar-refractivity contribution in [1.29, 1.82) is 0 Å². The molecule has 15 heavy (non-hydrogen) atoms. The molecule has 0 heterocycles. The van der Waals surface area contributed by atoms with Crippen LogP contribution in [0.25, 0.3) is 0 Å². The Balaban J connectivity index is 2.79. The topological polar surface area (TPSA) is 18.5 Å². The molecular weight excluding hydrogens is 209 g/mol. The van der Waals surface area contributed by atoms with Crippen LogP contribution in [0.5, 0.6) is 11.5 Å². The monoisotopic (exact) mass is 220 g/mol. The summed E-state index contributed by atoms with van der Waals surface area (Å²) in [5.41, 5.74) is 0.813. The summed E-state index contributed by atoms with van der Waals surface area (Å²) < 4.78 is 45.2. The van der Waals surface area contributed by atoms with E-state index in [-0.39, 0.29) is 5.75 Å². The Morgan fingerprint density at radius 1 is 1.20 bits per heavy atom. The van der Waals surface area contributed by atoms with Crippen LogP contribution in [0.3, 0.4) is 0 Å². The third-order valence-electron chi connectivity index (χ3n) is 1.71. The van der Waals surface area contributed by atoms with Crippen molar-refractivity contribution in [2.75, 3.05) is 13.7 Å². The minimum absolute atomic E-state index is 0.106. The van der Waals surface area contributed by atoms with Gasteiger partial charge < -0.3 is 9.47 Å². The summed E-state index contributed by atoms with van der Waals surface area (Å²) in [6.07, 6.45) is -4.34. The number of aryl methyl sites for hydroxylation is 1. The van der Waals surface area contributed by atoms with E-state index in [0.29, 0.717) is 5.75 Å². The van der Waals surface area contributed by atoms with Gasteiger partial charge in [0.2, 0.25) is 0 Å². The SMILES string of the molecule is COc1ccc(C)cc1OCC(F)(F)F. The molecule has 0 aliphatic rings. The fraction of sp³-hybridized carbons (Fsp3) is 0.400. The average molecular weight is 220 g/mol. The van der Waals surface area contributed by atoms with Crippen molar-refractivity contribution >= 4 is 0 Å². The highest BCUT2D eigenvalue weighted by Crippen LogP contribution is 2.29. The van der Waals surface area contributed by atoms with Crippen LogP contribution in [0.15, 0.2) is 18.2 Å². The molecule has 0 bridgehead atoms. The van der Waals surface area contributed by atoms with E-state index in [1.54, 1.807) is 19.1 Å². The molecule has 0 aliphatic carbocycles. The number of hydrogen-bond acceptors (Lipinski definition) is 2. The summed E-state index contributed by atoms with van der Waals surface area (Å²) in [5.74, 6) is 0.402. The maximum absolute atomic E-state index is 11.9. The van der Waals surface area contributed by atoms with Gasteiger partial charge in [0.25, 0.3) is 0 Å². The molecule has 5 heteroatoms. The van der Waals surface area contributed by atoms with Gasteiger partial charge in [-0.3, -0.25) is 0 Å². The van der Waals surface area contributed by atoms with Crippen molar-refractivity contribution in [2.45, 2.75) is 13.1 Å². The van der Waals surface area contributed by atoms with Crippen LogP contribution in [-0.2, 0) is 0 Å². The van der Waals surface area contributed by atoms with Gasteiger partial charge in [-0.1, -0.05) is 6.07 Å². The first-order valence-corrected chi connectivity index (χ1v) is 4.26. The van der Waals surface area contributed by atoms with Gasteiger partial charge in [-0.25, -0.2) is 0 Å². The largest absolute Gasteiger partial charge is 0.493 e. The molecule has 0 fully saturated rings. The lowest BCUT2D eigenvalue weighted by Gasteiger charge is -2.12. The van der Waals surface area contributed by atoms with Crippen LogP contribution >= 0.6 is 0 Å². The highest BCUT2D eigenvalue weighted by atomic mass is 19.4. The molecular formula is C10H11F3O2. The number of halogens is 3. The van der Waals surface area contributed by atoms with Crippen molar-refractivity contribution in [1.82, 2.24) is 0 Å². The Labute approximate surface area is 85.6 Å². The Kier molecular flexibility index (Phi) is 3.44. The summed E-state index contributed by atoms with van der Waals surface area (Å²) in [5, 5.41) is 0. The molecule has 1 aromatic rings. The predicted molar refractivity (Wildman–Crippen MR) is 49.3 cm³/mol. The lowest BCUT2D eigenvalue weighted by molar-refractivity contribution is -0.153. The van der Waals surface area contributed by atoms with Gasteiger partial charge in [-0.05, 0) is 24.6 Å². The molecule has 0 radical (unpaired) electrons. The average Bonchev–Trinajstić information content (AvgIpc) is 2.14. The van der Waals surface area contributed by atoms with Gasteiger partial charge in [0.15, 0.2) is 18.1 Å². The minimum Gasteiger partial charge on any atom is -0.493 e. The lowest BCUT2D eigenvalue weighted by Crippen LogP contribution is -2.19. The maximum Gasteiger partial charge on any atom is 0.422 e. The number of benzene rings is 1. The second kappa shape index (κ2) is 4.42. The zero-order valence-electron chi connectivity index (χ0n) is 8.39. The first-order chi connectivity index (χ1) is 6.92. The fourth-order valence-corrected chi connectivity index (χ4v) is 1.06. The molecule has 0 atom stereocenters. The van der Waals surface area contributed by atoms with Crippen molar-refractivity contribution in [3.63, 3.8) is 0 Å². The van der Waals surface area contributed by atoms with Crippen LogP contribution in [0, 0.1) is 6.92 Å². The number of methoxy groups -OCH3 is 1. The molecule has 0 saturated carbocycles. The summed E-state index contributed by atoms with van der Waals surface area (Å²) >= 11 is 0. The molecule has 0 saturated heterocycles. The van der Waals surface area contributed by atoms with Crippen LogP contribution in [0.2, 0.25) is 0 Å². The molecule has 0 aliphatic heterocycles. The molecule has 1 aromatic carbocycles. The molecule has 0 aromatic heterocycles. The standard InChI is InChI=1S/C10H11F3O2/c1-7-3-4-8(14-2)9(5-7)15-6-10(11,12)13/h3-5H,6H2,1-2H3. The van der Waals surface area contributed by atoms with E-state index >= 15 is 0 Å². The van der Waals surface area contributed by atoms with Crippen LogP contribution in [0.4, 0.5) is 13.2 Å². The lowest BCUT2D eigenvalue weighted by atomic mass is 10.2. The first kappa shape index (κ1) is 11.7. The van der Waals surface area contributed by atoms with Crippen LogP contribution in [-0.4, -0.2) is 19.9 Å². The number of alkyl halides is 3. The second-order valence-corrected chi connectivity index (χ2v) is 3.06. The molecule has 0 spiro atoms. The molecule has 2 nitrogen and oxygen atoms in total. The summed E-state index contributed by atoms with van der Waals surface area (Å²) in [6, 6.07) is 4.81. The minimum atomic E-state index is -4.34. The zero-order valence-corrected chi connectivity index (χ0v) is 8.39. The Morgan fingerprint density at radius 2 is 1.87 bits per heavy atom. The van der Waals surface area contributed by atoms with Crippen molar-refractivity contribution < 1.29 is 22.6 Å². The molecule has 0 amide bonds. The fourth-order valence-electron chi connectivity index (χ4n) is 1.06. The summed E-state index contributed by atoms with van der Waals surface area (Å²) in [4.78, 5) is 0. The summed E-state index contributed by atoms with van der Waals surface area (Å²) in [6.45, 7) is 0.451. The maximum atomic E-state index is 11.9. The Morgan fingerprint density at radius 3 is 2.40 bits per heavy atom. The van der Waals surface area contributed by atoms with Crippen molar-refractivity contribution in [2.24, 2.45) is 0 Å². The van der Waals surface area contributed by atoms with E-state index in [2.05, 4.69) is 4.74 Å². The van der Waals surface area contributed by atoms with E-state index < -0.39 is 12.8 Å². The Bertz CT molecular complexity index is 334. The van der Waals surface area contributed by atoms with E-state index in [9.17, 15) is 13.2 Å². The van der Waals surface area contributed by atoms with Gasteiger partial charge in [0.05, 0.1) is 7.11 Å².